The molecule has 4 nitrogen and oxygen atoms in total. The first kappa shape index (κ1) is 12.7. The van der Waals surface area contributed by atoms with E-state index in [1.807, 2.05) is 18.3 Å². The molecular formula is C15H20N2O2. The Balaban J connectivity index is 1.63. The van der Waals surface area contributed by atoms with E-state index in [2.05, 4.69) is 27.7 Å². The van der Waals surface area contributed by atoms with Gasteiger partial charge in [-0.2, -0.15) is 0 Å². The van der Waals surface area contributed by atoms with Gasteiger partial charge in [-0.3, -0.25) is 4.90 Å². The molecule has 0 aliphatic carbocycles. The normalized spacial score (nSPS) is 18.8. The van der Waals surface area contributed by atoms with Crippen LogP contribution in [-0.2, 0) is 11.3 Å². The maximum Gasteiger partial charge on any atom is 0.0845 e. The monoisotopic (exact) mass is 260 g/mol. The van der Waals surface area contributed by atoms with E-state index in [0.717, 1.165) is 32.8 Å². The second kappa shape index (κ2) is 5.74. The van der Waals surface area contributed by atoms with Crippen molar-refractivity contribution in [3.8, 4) is 0 Å². The molecule has 4 heteroatoms. The Kier molecular flexibility index (Phi) is 3.82. The van der Waals surface area contributed by atoms with Gasteiger partial charge in [-0.25, -0.2) is 0 Å². The van der Waals surface area contributed by atoms with Crippen molar-refractivity contribution >= 4 is 10.9 Å². The molecule has 3 rings (SSSR count). The highest BCUT2D eigenvalue weighted by Gasteiger charge is 2.15. The van der Waals surface area contributed by atoms with Gasteiger partial charge in [0.25, 0.3) is 0 Å². The molecule has 1 N–H and O–H groups in total. The first-order valence-electron chi connectivity index (χ1n) is 6.85. The molecule has 2 heterocycles. The molecule has 102 valence electrons. The Labute approximate surface area is 113 Å². The molecule has 1 atom stereocenters. The van der Waals surface area contributed by atoms with E-state index in [4.69, 9.17) is 4.74 Å². The summed E-state index contributed by atoms with van der Waals surface area (Å²) >= 11 is 0. The lowest BCUT2D eigenvalue weighted by Crippen LogP contribution is -2.41. The van der Waals surface area contributed by atoms with Gasteiger partial charge in [0, 0.05) is 37.9 Å². The van der Waals surface area contributed by atoms with Gasteiger partial charge in [0.15, 0.2) is 0 Å². The Bertz CT molecular complexity index is 532. The molecule has 1 aromatic heterocycles. The summed E-state index contributed by atoms with van der Waals surface area (Å²) in [5.74, 6) is 0. The van der Waals surface area contributed by atoms with Crippen molar-refractivity contribution in [1.82, 2.24) is 9.47 Å². The number of hydrogen-bond donors (Lipinski definition) is 1. The molecule has 2 aromatic rings. The van der Waals surface area contributed by atoms with Crippen LogP contribution in [-0.4, -0.2) is 53.5 Å². The van der Waals surface area contributed by atoms with E-state index < -0.39 is 0 Å². The quantitative estimate of drug-likeness (QED) is 0.901. The summed E-state index contributed by atoms with van der Waals surface area (Å²) in [6.45, 7) is 4.76. The number of morpholine rings is 1. The zero-order valence-corrected chi connectivity index (χ0v) is 11.0. The largest absolute Gasteiger partial charge is 0.390 e. The number of rotatable bonds is 4. The first-order chi connectivity index (χ1) is 9.33. The minimum atomic E-state index is -0.339. The second-order valence-corrected chi connectivity index (χ2v) is 5.09. The van der Waals surface area contributed by atoms with Crippen molar-refractivity contribution in [3.05, 3.63) is 36.5 Å². The van der Waals surface area contributed by atoms with E-state index in [0.29, 0.717) is 6.54 Å². The number of para-hydroxylation sites is 1. The third-order valence-electron chi connectivity index (χ3n) is 3.66. The van der Waals surface area contributed by atoms with Gasteiger partial charge in [0.1, 0.15) is 0 Å². The highest BCUT2D eigenvalue weighted by Crippen LogP contribution is 2.15. The number of β-amino-alcohol motifs (C(OH)–C–C–N with tert-alkyl or cyclic N) is 1. The Hall–Kier alpha value is -1.36. The second-order valence-electron chi connectivity index (χ2n) is 5.09. The van der Waals surface area contributed by atoms with Crippen molar-refractivity contribution < 1.29 is 9.84 Å². The summed E-state index contributed by atoms with van der Waals surface area (Å²) in [4.78, 5) is 2.26. The van der Waals surface area contributed by atoms with Crippen LogP contribution in [0.5, 0.6) is 0 Å². The summed E-state index contributed by atoms with van der Waals surface area (Å²) in [6, 6.07) is 10.4. The third-order valence-corrected chi connectivity index (χ3v) is 3.66. The molecule has 0 bridgehead atoms. The van der Waals surface area contributed by atoms with Crippen LogP contribution in [0.3, 0.4) is 0 Å². The van der Waals surface area contributed by atoms with Crippen LogP contribution in [0.1, 0.15) is 0 Å². The van der Waals surface area contributed by atoms with Crippen molar-refractivity contribution in [2.24, 2.45) is 0 Å². The molecule has 0 amide bonds. The van der Waals surface area contributed by atoms with Gasteiger partial charge in [-0.05, 0) is 17.5 Å². The predicted octanol–water partition coefficient (Wildman–Crippen LogP) is 1.33. The van der Waals surface area contributed by atoms with Crippen molar-refractivity contribution in [2.75, 3.05) is 32.8 Å². The lowest BCUT2D eigenvalue weighted by molar-refractivity contribution is 0.0117. The Morgan fingerprint density at radius 3 is 2.74 bits per heavy atom. The van der Waals surface area contributed by atoms with E-state index in [1.54, 1.807) is 0 Å². The maximum absolute atomic E-state index is 10.2. The number of aliphatic hydroxyl groups is 1. The number of hydrogen-bond acceptors (Lipinski definition) is 3. The molecule has 1 aliphatic heterocycles. The van der Waals surface area contributed by atoms with Crippen molar-refractivity contribution in [3.63, 3.8) is 0 Å². The molecule has 0 spiro atoms. The number of nitrogens with zero attached hydrogens (tertiary/aromatic N) is 2. The number of benzene rings is 1. The minimum absolute atomic E-state index is 0.339. The van der Waals surface area contributed by atoms with Gasteiger partial charge in [-0.1, -0.05) is 18.2 Å². The first-order valence-corrected chi connectivity index (χ1v) is 6.85. The van der Waals surface area contributed by atoms with Crippen molar-refractivity contribution in [1.29, 1.82) is 0 Å². The van der Waals surface area contributed by atoms with Crippen LogP contribution in [0.25, 0.3) is 10.9 Å². The summed E-state index contributed by atoms with van der Waals surface area (Å²) < 4.78 is 7.44. The average Bonchev–Trinajstić information content (AvgIpc) is 2.83. The molecule has 0 radical (unpaired) electrons. The Morgan fingerprint density at radius 1 is 1.11 bits per heavy atom. The third kappa shape index (κ3) is 2.97. The predicted molar refractivity (Wildman–Crippen MR) is 75.2 cm³/mol. The molecule has 0 saturated carbocycles. The number of fused-ring (bicyclic) bond motifs is 1. The fourth-order valence-corrected chi connectivity index (χ4v) is 2.67. The van der Waals surface area contributed by atoms with E-state index in [9.17, 15) is 5.11 Å². The SMILES string of the molecule is O[C@@H](CN1CCOCC1)Cn1ccc2ccccc21. The lowest BCUT2D eigenvalue weighted by Gasteiger charge is -2.28. The van der Waals surface area contributed by atoms with Gasteiger partial charge >= 0.3 is 0 Å². The summed E-state index contributed by atoms with van der Waals surface area (Å²) in [5.41, 5.74) is 1.18. The van der Waals surface area contributed by atoms with E-state index >= 15 is 0 Å². The molecular weight excluding hydrogens is 240 g/mol. The zero-order valence-electron chi connectivity index (χ0n) is 11.0. The van der Waals surface area contributed by atoms with Gasteiger partial charge in [-0.15, -0.1) is 0 Å². The van der Waals surface area contributed by atoms with Crippen LogP contribution in [0.4, 0.5) is 0 Å². The molecule has 19 heavy (non-hydrogen) atoms. The van der Waals surface area contributed by atoms with Crippen LogP contribution < -0.4 is 0 Å². The summed E-state index contributed by atoms with van der Waals surface area (Å²) in [5, 5.41) is 11.5. The van der Waals surface area contributed by atoms with Gasteiger partial charge < -0.3 is 14.4 Å². The standard InChI is InChI=1S/C15H20N2O2/c18-14(11-16-7-9-19-10-8-16)12-17-6-5-13-3-1-2-4-15(13)17/h1-6,14,18H,7-12H2/t14-/m0/s1. The van der Waals surface area contributed by atoms with Crippen LogP contribution in [0, 0.1) is 0 Å². The van der Waals surface area contributed by atoms with Crippen molar-refractivity contribution in [2.45, 2.75) is 12.6 Å². The minimum Gasteiger partial charge on any atom is -0.390 e. The molecule has 1 aromatic carbocycles. The number of aromatic nitrogens is 1. The fourth-order valence-electron chi connectivity index (χ4n) is 2.67. The topological polar surface area (TPSA) is 37.6 Å². The van der Waals surface area contributed by atoms with E-state index in [-0.39, 0.29) is 6.10 Å². The van der Waals surface area contributed by atoms with Gasteiger partial charge in [0.05, 0.1) is 19.3 Å². The smallest absolute Gasteiger partial charge is 0.0845 e. The van der Waals surface area contributed by atoms with Gasteiger partial charge in [0.2, 0.25) is 0 Å². The average molecular weight is 260 g/mol. The van der Waals surface area contributed by atoms with E-state index in [1.165, 1.54) is 10.9 Å². The molecule has 1 saturated heterocycles. The van der Waals surface area contributed by atoms with Crippen LogP contribution >= 0.6 is 0 Å². The highest BCUT2D eigenvalue weighted by atomic mass is 16.5. The van der Waals surface area contributed by atoms with Crippen LogP contribution in [0.2, 0.25) is 0 Å². The molecule has 0 unspecified atom stereocenters. The van der Waals surface area contributed by atoms with Crippen LogP contribution in [0.15, 0.2) is 36.5 Å². The fraction of sp³-hybridized carbons (Fsp3) is 0.467. The number of aliphatic hydroxyl groups excluding tert-OH is 1. The molecule has 1 aliphatic rings. The Morgan fingerprint density at radius 2 is 1.89 bits per heavy atom. The summed E-state index contributed by atoms with van der Waals surface area (Å²) in [6.07, 6.45) is 1.71. The number of ether oxygens (including phenoxy) is 1. The lowest BCUT2D eigenvalue weighted by atomic mass is 10.2. The summed E-state index contributed by atoms with van der Waals surface area (Å²) in [7, 11) is 0. The zero-order chi connectivity index (χ0) is 13.1. The molecule has 1 fully saturated rings. The maximum atomic E-state index is 10.2. The highest BCUT2D eigenvalue weighted by molar-refractivity contribution is 5.79.